The molecular weight excluding hydrogens is 360 g/mol. The van der Waals surface area contributed by atoms with E-state index in [1.807, 2.05) is 44.2 Å². The van der Waals surface area contributed by atoms with E-state index in [4.69, 9.17) is 9.97 Å². The van der Waals surface area contributed by atoms with Crippen LogP contribution in [-0.2, 0) is 11.3 Å². The third-order valence-electron chi connectivity index (χ3n) is 5.12. The molecule has 0 spiro atoms. The minimum absolute atomic E-state index is 0.0684. The van der Waals surface area contributed by atoms with Crippen LogP contribution >= 0.6 is 0 Å². The molecule has 0 bridgehead atoms. The largest absolute Gasteiger partial charge is 0.354 e. The van der Waals surface area contributed by atoms with E-state index in [2.05, 4.69) is 34.5 Å². The van der Waals surface area contributed by atoms with E-state index in [1.54, 1.807) is 0 Å². The van der Waals surface area contributed by atoms with Crippen LogP contribution < -0.4 is 10.2 Å². The van der Waals surface area contributed by atoms with Crippen molar-refractivity contribution in [3.63, 3.8) is 0 Å². The Bertz CT molecular complexity index is 983. The number of nitrogens with zero attached hydrogens (tertiary/aromatic N) is 3. The van der Waals surface area contributed by atoms with Crippen molar-refractivity contribution in [3.8, 4) is 0 Å². The van der Waals surface area contributed by atoms with Crippen molar-refractivity contribution in [1.29, 1.82) is 0 Å². The second kappa shape index (κ2) is 8.60. The molecule has 1 aliphatic carbocycles. The lowest BCUT2D eigenvalue weighted by molar-refractivity contribution is -0.121. The highest BCUT2D eigenvalue weighted by Gasteiger charge is 2.28. The molecule has 0 atom stereocenters. The van der Waals surface area contributed by atoms with Crippen molar-refractivity contribution in [2.75, 3.05) is 11.4 Å². The van der Waals surface area contributed by atoms with Crippen LogP contribution in [0.4, 0.5) is 5.82 Å². The molecule has 1 aromatic heterocycles. The molecule has 1 heterocycles. The van der Waals surface area contributed by atoms with Crippen molar-refractivity contribution in [1.82, 2.24) is 15.3 Å². The molecule has 4 rings (SSSR count). The third-order valence-corrected chi connectivity index (χ3v) is 5.12. The maximum atomic E-state index is 12.3. The van der Waals surface area contributed by atoms with Crippen molar-refractivity contribution in [2.45, 2.75) is 51.6 Å². The molecule has 0 saturated heterocycles. The Hall–Kier alpha value is -2.95. The molecule has 0 aliphatic heterocycles. The summed E-state index contributed by atoms with van der Waals surface area (Å²) in [7, 11) is 0. The Morgan fingerprint density at radius 2 is 1.79 bits per heavy atom. The summed E-state index contributed by atoms with van der Waals surface area (Å²) >= 11 is 0. The van der Waals surface area contributed by atoms with Gasteiger partial charge in [-0.2, -0.15) is 0 Å². The summed E-state index contributed by atoms with van der Waals surface area (Å²) in [5.74, 6) is 2.40. The summed E-state index contributed by atoms with van der Waals surface area (Å²) in [6.45, 7) is 5.29. The Morgan fingerprint density at radius 1 is 1.07 bits per heavy atom. The highest BCUT2D eigenvalue weighted by Crippen LogP contribution is 2.40. The SMILES string of the molecule is CC(C)NC(=O)CCN(Cc1ccccc1)c1nc(C2CC2)nc2ccccc12. The standard InChI is InChI=1S/C24H28N4O/c1-17(2)25-22(29)14-15-28(16-18-8-4-3-5-9-18)24-20-10-6-7-11-21(20)26-23(27-24)19-12-13-19/h3-11,17,19H,12-16H2,1-2H3,(H,25,29). The highest BCUT2D eigenvalue weighted by molar-refractivity contribution is 5.90. The highest BCUT2D eigenvalue weighted by atomic mass is 16.1. The van der Waals surface area contributed by atoms with Gasteiger partial charge in [-0.15, -0.1) is 0 Å². The summed E-state index contributed by atoms with van der Waals surface area (Å²) in [5.41, 5.74) is 2.18. The number of hydrogen-bond acceptors (Lipinski definition) is 4. The van der Waals surface area contributed by atoms with E-state index >= 15 is 0 Å². The average molecular weight is 389 g/mol. The summed E-state index contributed by atoms with van der Waals surface area (Å²) < 4.78 is 0. The van der Waals surface area contributed by atoms with E-state index in [9.17, 15) is 4.79 Å². The zero-order chi connectivity index (χ0) is 20.2. The molecule has 1 N–H and O–H groups in total. The number of aromatic nitrogens is 2. The first-order valence-electron chi connectivity index (χ1n) is 10.4. The van der Waals surface area contributed by atoms with Gasteiger partial charge < -0.3 is 10.2 Å². The first-order valence-corrected chi connectivity index (χ1v) is 10.4. The van der Waals surface area contributed by atoms with Gasteiger partial charge >= 0.3 is 0 Å². The van der Waals surface area contributed by atoms with E-state index in [0.29, 0.717) is 25.4 Å². The summed E-state index contributed by atoms with van der Waals surface area (Å²) in [6, 6.07) is 18.7. The number of hydrogen-bond donors (Lipinski definition) is 1. The number of nitrogens with one attached hydrogen (secondary N) is 1. The zero-order valence-electron chi connectivity index (χ0n) is 17.1. The first-order chi connectivity index (χ1) is 14.1. The topological polar surface area (TPSA) is 58.1 Å². The maximum absolute atomic E-state index is 12.3. The predicted molar refractivity (Wildman–Crippen MR) is 117 cm³/mol. The number of carbonyl (C=O) groups excluding carboxylic acids is 1. The molecular formula is C24H28N4O. The van der Waals surface area contributed by atoms with E-state index in [0.717, 1.165) is 35.4 Å². The molecule has 150 valence electrons. The Morgan fingerprint density at radius 3 is 2.52 bits per heavy atom. The molecule has 1 aliphatic rings. The second-order valence-electron chi connectivity index (χ2n) is 8.08. The molecule has 0 radical (unpaired) electrons. The number of amides is 1. The molecule has 0 unspecified atom stereocenters. The predicted octanol–water partition coefficient (Wildman–Crippen LogP) is 4.43. The quantitative estimate of drug-likeness (QED) is 0.620. The van der Waals surface area contributed by atoms with Gasteiger partial charge in [0.2, 0.25) is 5.91 Å². The van der Waals surface area contributed by atoms with Gasteiger partial charge in [-0.25, -0.2) is 9.97 Å². The lowest BCUT2D eigenvalue weighted by Crippen LogP contribution is -2.34. The number of benzene rings is 2. The van der Waals surface area contributed by atoms with Gasteiger partial charge in [-0.1, -0.05) is 42.5 Å². The van der Waals surface area contributed by atoms with Crippen LogP contribution in [0.1, 0.15) is 50.4 Å². The van der Waals surface area contributed by atoms with Gasteiger partial charge in [-0.05, 0) is 44.4 Å². The van der Waals surface area contributed by atoms with Crippen LogP contribution in [-0.4, -0.2) is 28.5 Å². The zero-order valence-corrected chi connectivity index (χ0v) is 17.1. The lowest BCUT2D eigenvalue weighted by Gasteiger charge is -2.26. The smallest absolute Gasteiger partial charge is 0.221 e. The number of para-hydroxylation sites is 1. The summed E-state index contributed by atoms with van der Waals surface area (Å²) in [6.07, 6.45) is 2.75. The first kappa shape index (κ1) is 19.4. The summed E-state index contributed by atoms with van der Waals surface area (Å²) in [5, 5.41) is 4.03. The minimum Gasteiger partial charge on any atom is -0.354 e. The van der Waals surface area contributed by atoms with Crippen LogP contribution in [0.25, 0.3) is 10.9 Å². The van der Waals surface area contributed by atoms with E-state index in [-0.39, 0.29) is 11.9 Å². The van der Waals surface area contributed by atoms with Crippen molar-refractivity contribution >= 4 is 22.6 Å². The third kappa shape index (κ3) is 4.91. The number of fused-ring (bicyclic) bond motifs is 1. The fraction of sp³-hybridized carbons (Fsp3) is 0.375. The fourth-order valence-corrected chi connectivity index (χ4v) is 3.54. The number of anilines is 1. The Labute approximate surface area is 172 Å². The van der Waals surface area contributed by atoms with Crippen LogP contribution in [0.15, 0.2) is 54.6 Å². The Kier molecular flexibility index (Phi) is 5.74. The van der Waals surface area contributed by atoms with Crippen molar-refractivity contribution in [3.05, 3.63) is 66.0 Å². The lowest BCUT2D eigenvalue weighted by atomic mass is 10.1. The second-order valence-corrected chi connectivity index (χ2v) is 8.08. The molecule has 29 heavy (non-hydrogen) atoms. The van der Waals surface area contributed by atoms with Gasteiger partial charge in [0, 0.05) is 36.9 Å². The molecule has 1 fully saturated rings. The van der Waals surface area contributed by atoms with Gasteiger partial charge in [0.1, 0.15) is 11.6 Å². The van der Waals surface area contributed by atoms with Gasteiger partial charge in [0.25, 0.3) is 0 Å². The van der Waals surface area contributed by atoms with E-state index < -0.39 is 0 Å². The molecule has 1 saturated carbocycles. The van der Waals surface area contributed by atoms with Crippen LogP contribution in [0.5, 0.6) is 0 Å². The average Bonchev–Trinajstić information content (AvgIpc) is 3.56. The van der Waals surface area contributed by atoms with Crippen molar-refractivity contribution < 1.29 is 4.79 Å². The van der Waals surface area contributed by atoms with E-state index in [1.165, 1.54) is 5.56 Å². The molecule has 5 nitrogen and oxygen atoms in total. The molecule has 3 aromatic rings. The summed E-state index contributed by atoms with van der Waals surface area (Å²) in [4.78, 5) is 24.3. The minimum atomic E-state index is 0.0684. The number of carbonyl (C=O) groups is 1. The Balaban J connectivity index is 1.68. The monoisotopic (exact) mass is 388 g/mol. The van der Waals surface area contributed by atoms with Crippen LogP contribution in [0.2, 0.25) is 0 Å². The van der Waals surface area contributed by atoms with Gasteiger partial charge in [-0.3, -0.25) is 4.79 Å². The van der Waals surface area contributed by atoms with Crippen molar-refractivity contribution in [2.24, 2.45) is 0 Å². The van der Waals surface area contributed by atoms with Crippen LogP contribution in [0.3, 0.4) is 0 Å². The normalized spacial score (nSPS) is 13.6. The van der Waals surface area contributed by atoms with Gasteiger partial charge in [0.05, 0.1) is 5.52 Å². The number of rotatable bonds is 8. The maximum Gasteiger partial charge on any atom is 0.221 e. The van der Waals surface area contributed by atoms with Gasteiger partial charge in [0.15, 0.2) is 0 Å². The molecule has 1 amide bonds. The molecule has 2 aromatic carbocycles. The fourth-order valence-electron chi connectivity index (χ4n) is 3.54. The molecule has 5 heteroatoms. The van der Waals surface area contributed by atoms with Crippen LogP contribution in [0, 0.1) is 0 Å².